The zero-order chi connectivity index (χ0) is 13.2. The number of hydrogen-bond donors (Lipinski definition) is 3. The zero-order valence-corrected chi connectivity index (χ0v) is 11.8. The first-order valence-corrected chi connectivity index (χ1v) is 6.87. The molecule has 0 bridgehead atoms. The second-order valence-electron chi connectivity index (χ2n) is 4.39. The van der Waals surface area contributed by atoms with Gasteiger partial charge in [-0.25, -0.2) is 0 Å². The van der Waals surface area contributed by atoms with Crippen LogP contribution >= 0.6 is 15.9 Å². The Labute approximate surface area is 118 Å². The van der Waals surface area contributed by atoms with E-state index in [9.17, 15) is 4.79 Å². The number of nitrogens with one attached hydrogen (secondary N) is 3. The van der Waals surface area contributed by atoms with E-state index in [1.54, 1.807) is 6.07 Å². The smallest absolute Gasteiger partial charge is 0.258 e. The molecular formula is C13H13BrN4O. The number of amides is 1. The Morgan fingerprint density at radius 1 is 1.37 bits per heavy atom. The van der Waals surface area contributed by atoms with Crippen LogP contribution in [0, 0.1) is 0 Å². The molecule has 1 amide bonds. The zero-order valence-electron chi connectivity index (χ0n) is 10.2. The third kappa shape index (κ3) is 2.41. The van der Waals surface area contributed by atoms with Crippen molar-refractivity contribution in [1.82, 2.24) is 15.5 Å². The number of fused-ring (bicyclic) bond motifs is 1. The standard InChI is InChI=1S/C13H13BrN4O/c14-10-4-2-1-3-8(10)13(19)16-12-9-7-15-6-5-11(9)17-18-12/h1-4,15H,5-7H2,(H2,16,17,18,19). The highest BCUT2D eigenvalue weighted by molar-refractivity contribution is 9.10. The van der Waals surface area contributed by atoms with Gasteiger partial charge in [-0.3, -0.25) is 9.89 Å². The number of rotatable bonds is 2. The summed E-state index contributed by atoms with van der Waals surface area (Å²) in [5.41, 5.74) is 2.75. The molecule has 0 aliphatic carbocycles. The summed E-state index contributed by atoms with van der Waals surface area (Å²) in [6.45, 7) is 1.67. The Kier molecular flexibility index (Phi) is 3.35. The molecular weight excluding hydrogens is 308 g/mol. The Morgan fingerprint density at radius 2 is 2.21 bits per heavy atom. The fraction of sp³-hybridized carbons (Fsp3) is 0.231. The molecule has 2 heterocycles. The van der Waals surface area contributed by atoms with Gasteiger partial charge in [0.25, 0.3) is 5.91 Å². The quantitative estimate of drug-likeness (QED) is 0.793. The summed E-state index contributed by atoms with van der Waals surface area (Å²) in [6, 6.07) is 7.33. The lowest BCUT2D eigenvalue weighted by molar-refractivity contribution is 0.102. The number of benzene rings is 1. The van der Waals surface area contributed by atoms with Crippen molar-refractivity contribution in [3.05, 3.63) is 45.6 Å². The Bertz CT molecular complexity index is 623. The molecule has 5 nitrogen and oxygen atoms in total. The molecule has 1 aromatic heterocycles. The summed E-state index contributed by atoms with van der Waals surface area (Å²) >= 11 is 3.37. The van der Waals surface area contributed by atoms with Crippen LogP contribution in [0.5, 0.6) is 0 Å². The molecule has 0 unspecified atom stereocenters. The topological polar surface area (TPSA) is 69.8 Å². The second kappa shape index (κ2) is 5.14. The third-order valence-corrected chi connectivity index (χ3v) is 3.85. The summed E-state index contributed by atoms with van der Waals surface area (Å²) in [6.07, 6.45) is 0.910. The lowest BCUT2D eigenvalue weighted by Gasteiger charge is -2.13. The van der Waals surface area contributed by atoms with Crippen molar-refractivity contribution >= 4 is 27.7 Å². The molecule has 0 atom stereocenters. The van der Waals surface area contributed by atoms with Crippen LogP contribution in [0.4, 0.5) is 5.82 Å². The summed E-state index contributed by atoms with van der Waals surface area (Å²) in [4.78, 5) is 12.2. The number of anilines is 1. The van der Waals surface area contributed by atoms with E-state index in [0.29, 0.717) is 11.4 Å². The highest BCUT2D eigenvalue weighted by Crippen LogP contribution is 2.22. The Hall–Kier alpha value is -1.66. The van der Waals surface area contributed by atoms with Crippen molar-refractivity contribution < 1.29 is 4.79 Å². The number of halogens is 1. The Balaban J connectivity index is 1.84. The molecule has 0 fully saturated rings. The lowest BCUT2D eigenvalue weighted by Crippen LogP contribution is -2.24. The summed E-state index contributed by atoms with van der Waals surface area (Å²) in [5.74, 6) is 0.454. The van der Waals surface area contributed by atoms with Gasteiger partial charge in [0.15, 0.2) is 5.82 Å². The highest BCUT2D eigenvalue weighted by Gasteiger charge is 2.19. The Morgan fingerprint density at radius 3 is 3.05 bits per heavy atom. The van der Waals surface area contributed by atoms with Crippen molar-refractivity contribution in [2.75, 3.05) is 11.9 Å². The number of aromatic amines is 1. The minimum Gasteiger partial charge on any atom is -0.312 e. The number of carbonyl (C=O) groups excluding carboxylic acids is 1. The van der Waals surface area contributed by atoms with Crippen LogP contribution in [0.15, 0.2) is 28.7 Å². The van der Waals surface area contributed by atoms with Gasteiger partial charge < -0.3 is 10.6 Å². The maximum Gasteiger partial charge on any atom is 0.258 e. The van der Waals surface area contributed by atoms with Gasteiger partial charge in [-0.2, -0.15) is 5.10 Å². The molecule has 0 spiro atoms. The third-order valence-electron chi connectivity index (χ3n) is 3.16. The van der Waals surface area contributed by atoms with E-state index in [0.717, 1.165) is 35.2 Å². The van der Waals surface area contributed by atoms with Crippen LogP contribution in [-0.4, -0.2) is 22.6 Å². The van der Waals surface area contributed by atoms with E-state index in [2.05, 4.69) is 36.8 Å². The largest absolute Gasteiger partial charge is 0.312 e. The minimum absolute atomic E-state index is 0.160. The first kappa shape index (κ1) is 12.4. The fourth-order valence-corrected chi connectivity index (χ4v) is 2.61. The number of nitrogens with zero attached hydrogens (tertiary/aromatic N) is 1. The molecule has 2 aromatic rings. The number of H-pyrrole nitrogens is 1. The van der Waals surface area contributed by atoms with Crippen molar-refractivity contribution in [3.8, 4) is 0 Å². The van der Waals surface area contributed by atoms with Gasteiger partial charge in [0.2, 0.25) is 0 Å². The molecule has 1 aromatic carbocycles. The fourth-order valence-electron chi connectivity index (χ4n) is 2.15. The SMILES string of the molecule is O=C(Nc1n[nH]c2c1CNCC2)c1ccccc1Br. The summed E-state index contributed by atoms with van der Waals surface area (Å²) in [5, 5.41) is 13.3. The van der Waals surface area contributed by atoms with E-state index in [1.807, 2.05) is 18.2 Å². The van der Waals surface area contributed by atoms with Gasteiger partial charge in [0, 0.05) is 35.2 Å². The highest BCUT2D eigenvalue weighted by atomic mass is 79.9. The van der Waals surface area contributed by atoms with Crippen LogP contribution in [-0.2, 0) is 13.0 Å². The first-order chi connectivity index (χ1) is 9.25. The number of aromatic nitrogens is 2. The molecule has 98 valence electrons. The molecule has 0 saturated carbocycles. The molecule has 0 saturated heterocycles. The molecule has 19 heavy (non-hydrogen) atoms. The van der Waals surface area contributed by atoms with Crippen LogP contribution in [0.1, 0.15) is 21.6 Å². The average Bonchev–Trinajstić information content (AvgIpc) is 2.83. The lowest BCUT2D eigenvalue weighted by atomic mass is 10.1. The van der Waals surface area contributed by atoms with Crippen LogP contribution in [0.2, 0.25) is 0 Å². The van der Waals surface area contributed by atoms with Crippen LogP contribution in [0.25, 0.3) is 0 Å². The van der Waals surface area contributed by atoms with Crippen molar-refractivity contribution in [1.29, 1.82) is 0 Å². The minimum atomic E-state index is -0.160. The average molecular weight is 321 g/mol. The van der Waals surface area contributed by atoms with E-state index in [4.69, 9.17) is 0 Å². The van der Waals surface area contributed by atoms with Crippen molar-refractivity contribution in [2.45, 2.75) is 13.0 Å². The van der Waals surface area contributed by atoms with Crippen LogP contribution < -0.4 is 10.6 Å². The number of carbonyl (C=O) groups is 1. The van der Waals surface area contributed by atoms with Gasteiger partial charge in [0.05, 0.1) is 5.56 Å². The van der Waals surface area contributed by atoms with E-state index in [1.165, 1.54) is 0 Å². The molecule has 1 aliphatic rings. The molecule has 3 N–H and O–H groups in total. The van der Waals surface area contributed by atoms with Gasteiger partial charge in [-0.15, -0.1) is 0 Å². The van der Waals surface area contributed by atoms with Gasteiger partial charge in [-0.1, -0.05) is 12.1 Å². The molecule has 1 aliphatic heterocycles. The number of hydrogen-bond acceptors (Lipinski definition) is 3. The molecule has 0 radical (unpaired) electrons. The summed E-state index contributed by atoms with van der Waals surface area (Å²) in [7, 11) is 0. The van der Waals surface area contributed by atoms with Gasteiger partial charge in [-0.05, 0) is 28.1 Å². The van der Waals surface area contributed by atoms with Crippen LogP contribution in [0.3, 0.4) is 0 Å². The van der Waals surface area contributed by atoms with E-state index >= 15 is 0 Å². The van der Waals surface area contributed by atoms with Crippen molar-refractivity contribution in [3.63, 3.8) is 0 Å². The summed E-state index contributed by atoms with van der Waals surface area (Å²) < 4.78 is 0.773. The van der Waals surface area contributed by atoms with E-state index in [-0.39, 0.29) is 5.91 Å². The van der Waals surface area contributed by atoms with Gasteiger partial charge >= 0.3 is 0 Å². The molecule has 3 rings (SSSR count). The van der Waals surface area contributed by atoms with Gasteiger partial charge in [0.1, 0.15) is 0 Å². The van der Waals surface area contributed by atoms with Crippen molar-refractivity contribution in [2.24, 2.45) is 0 Å². The monoisotopic (exact) mass is 320 g/mol. The second-order valence-corrected chi connectivity index (χ2v) is 5.24. The normalized spacial score (nSPS) is 13.9. The first-order valence-electron chi connectivity index (χ1n) is 6.08. The maximum atomic E-state index is 12.2. The predicted molar refractivity (Wildman–Crippen MR) is 76.1 cm³/mol. The molecule has 6 heteroatoms. The maximum absolute atomic E-state index is 12.2. The van der Waals surface area contributed by atoms with E-state index < -0.39 is 0 Å². The predicted octanol–water partition coefficient (Wildman–Crippen LogP) is 2.07.